The van der Waals surface area contributed by atoms with Gasteiger partial charge >= 0.3 is 0 Å². The standard InChI is InChI=1S/C12H13N3O2.CH2O2/c16-9-7-8(13-1-2-13)12(17)11(15-5-6-15)10(9)14-3-4-14;2-1-3/h7H,1-6H2;1H,(H,2,3). The van der Waals surface area contributed by atoms with E-state index in [0.717, 1.165) is 39.3 Å². The van der Waals surface area contributed by atoms with Gasteiger partial charge in [-0.1, -0.05) is 0 Å². The number of carbonyl (C=O) groups excluding carboxylic acids is 2. The first-order chi connectivity index (χ1) is 9.67. The average Bonchev–Trinajstić information content (AvgIpc) is 3.28. The first-order valence-electron chi connectivity index (χ1n) is 6.55. The van der Waals surface area contributed by atoms with E-state index in [1.54, 1.807) is 0 Å². The third-order valence-electron chi connectivity index (χ3n) is 3.49. The molecule has 7 nitrogen and oxygen atoms in total. The maximum absolute atomic E-state index is 12.4. The van der Waals surface area contributed by atoms with Gasteiger partial charge in [-0.2, -0.15) is 0 Å². The quantitative estimate of drug-likeness (QED) is 0.397. The van der Waals surface area contributed by atoms with Gasteiger partial charge in [-0.05, 0) is 0 Å². The number of rotatable bonds is 3. The smallest absolute Gasteiger partial charge is 0.290 e. The molecule has 1 aliphatic carbocycles. The van der Waals surface area contributed by atoms with Gasteiger partial charge in [-0.15, -0.1) is 0 Å². The molecule has 3 saturated heterocycles. The first kappa shape index (κ1) is 12.7. The van der Waals surface area contributed by atoms with Crippen LogP contribution < -0.4 is 0 Å². The number of nitrogens with zero attached hydrogens (tertiary/aromatic N) is 3. The molecule has 106 valence electrons. The van der Waals surface area contributed by atoms with Crippen LogP contribution in [0.1, 0.15) is 0 Å². The van der Waals surface area contributed by atoms with Crippen molar-refractivity contribution in [3.63, 3.8) is 0 Å². The highest BCUT2D eigenvalue weighted by atomic mass is 16.3. The number of hydrogen-bond donors (Lipinski definition) is 1. The van der Waals surface area contributed by atoms with E-state index in [9.17, 15) is 9.59 Å². The molecule has 3 fully saturated rings. The summed E-state index contributed by atoms with van der Waals surface area (Å²) < 4.78 is 0. The summed E-state index contributed by atoms with van der Waals surface area (Å²) in [7, 11) is 0. The largest absolute Gasteiger partial charge is 0.483 e. The number of allylic oxidation sites excluding steroid dienone is 1. The maximum atomic E-state index is 12.4. The molecule has 4 rings (SSSR count). The van der Waals surface area contributed by atoms with Gasteiger partial charge in [-0.25, -0.2) is 0 Å². The number of carboxylic acid groups (broad SMARTS) is 1. The van der Waals surface area contributed by atoms with Crippen LogP contribution in [0.2, 0.25) is 0 Å². The minimum Gasteiger partial charge on any atom is -0.483 e. The number of hydrogen-bond acceptors (Lipinski definition) is 6. The van der Waals surface area contributed by atoms with Crippen LogP contribution in [-0.4, -0.2) is 77.1 Å². The molecular formula is C13H15N3O4. The molecule has 0 radical (unpaired) electrons. The SMILES string of the molecule is O=C1C=C(N2CC2)C(=O)C(N2CC2)=C1N1CC1.O=CO. The molecule has 0 aromatic heterocycles. The van der Waals surface area contributed by atoms with E-state index in [-0.39, 0.29) is 18.0 Å². The minimum absolute atomic E-state index is 0.00546. The van der Waals surface area contributed by atoms with Gasteiger partial charge in [-0.3, -0.25) is 14.4 Å². The fourth-order valence-corrected chi connectivity index (χ4v) is 2.28. The molecule has 4 aliphatic rings. The zero-order valence-electron chi connectivity index (χ0n) is 10.9. The van der Waals surface area contributed by atoms with Gasteiger partial charge in [0.05, 0.1) is 5.70 Å². The van der Waals surface area contributed by atoms with Crippen LogP contribution in [0.4, 0.5) is 0 Å². The van der Waals surface area contributed by atoms with Crippen molar-refractivity contribution in [3.8, 4) is 0 Å². The van der Waals surface area contributed by atoms with E-state index >= 15 is 0 Å². The summed E-state index contributed by atoms with van der Waals surface area (Å²) in [5, 5.41) is 6.89. The molecule has 20 heavy (non-hydrogen) atoms. The molecular weight excluding hydrogens is 262 g/mol. The fourth-order valence-electron chi connectivity index (χ4n) is 2.28. The van der Waals surface area contributed by atoms with Gasteiger partial charge in [0.25, 0.3) is 6.47 Å². The Hall–Kier alpha value is -2.31. The molecule has 0 aromatic carbocycles. The highest BCUT2D eigenvalue weighted by molar-refractivity contribution is 6.22. The second-order valence-electron chi connectivity index (χ2n) is 4.99. The highest BCUT2D eigenvalue weighted by Gasteiger charge is 2.43. The van der Waals surface area contributed by atoms with E-state index < -0.39 is 0 Å². The van der Waals surface area contributed by atoms with Crippen LogP contribution in [0.15, 0.2) is 23.2 Å². The van der Waals surface area contributed by atoms with Crippen molar-refractivity contribution in [1.82, 2.24) is 14.7 Å². The lowest BCUT2D eigenvalue weighted by Crippen LogP contribution is -2.29. The maximum Gasteiger partial charge on any atom is 0.290 e. The Morgan fingerprint density at radius 1 is 0.900 bits per heavy atom. The van der Waals surface area contributed by atoms with Crippen LogP contribution in [0.3, 0.4) is 0 Å². The predicted molar refractivity (Wildman–Crippen MR) is 68.5 cm³/mol. The third kappa shape index (κ3) is 2.26. The third-order valence-corrected chi connectivity index (χ3v) is 3.49. The zero-order chi connectivity index (χ0) is 14.3. The Morgan fingerprint density at radius 2 is 1.35 bits per heavy atom. The Labute approximate surface area is 115 Å². The van der Waals surface area contributed by atoms with Crippen molar-refractivity contribution in [2.24, 2.45) is 0 Å². The molecule has 3 aliphatic heterocycles. The molecule has 1 N–H and O–H groups in total. The summed E-state index contributed by atoms with van der Waals surface area (Å²) in [5.74, 6) is 0.0485. The van der Waals surface area contributed by atoms with E-state index in [4.69, 9.17) is 9.90 Å². The Morgan fingerprint density at radius 3 is 1.80 bits per heavy atom. The lowest BCUT2D eigenvalue weighted by atomic mass is 10.0. The van der Waals surface area contributed by atoms with E-state index in [1.165, 1.54) is 6.08 Å². The second kappa shape index (κ2) is 4.66. The molecule has 0 atom stereocenters. The van der Waals surface area contributed by atoms with E-state index in [2.05, 4.69) is 0 Å². The molecule has 7 heteroatoms. The summed E-state index contributed by atoms with van der Waals surface area (Å²) in [6, 6.07) is 0. The number of Topliss-reactive ketones (excluding diaryl/α,β-unsaturated/α-hetero) is 1. The van der Waals surface area contributed by atoms with Crippen LogP contribution >= 0.6 is 0 Å². The van der Waals surface area contributed by atoms with E-state index in [0.29, 0.717) is 17.1 Å². The van der Waals surface area contributed by atoms with Crippen molar-refractivity contribution in [2.45, 2.75) is 0 Å². The summed E-state index contributed by atoms with van der Waals surface area (Å²) in [4.78, 5) is 38.8. The van der Waals surface area contributed by atoms with Gasteiger partial charge in [0.2, 0.25) is 11.6 Å². The second-order valence-corrected chi connectivity index (χ2v) is 4.99. The Bertz CT molecular complexity index is 540. The predicted octanol–water partition coefficient (Wildman–Crippen LogP) is -1.12. The normalized spacial score (nSPS) is 23.2. The van der Waals surface area contributed by atoms with Gasteiger partial charge in [0.1, 0.15) is 11.4 Å². The first-order valence-corrected chi connectivity index (χ1v) is 6.55. The Kier molecular flexibility index (Phi) is 2.96. The lowest BCUT2D eigenvalue weighted by Gasteiger charge is -2.21. The van der Waals surface area contributed by atoms with Crippen LogP contribution in [0.25, 0.3) is 0 Å². The fraction of sp³-hybridized carbons (Fsp3) is 0.462. The van der Waals surface area contributed by atoms with Gasteiger partial charge in [0, 0.05) is 45.3 Å². The Balaban J connectivity index is 0.000000373. The topological polar surface area (TPSA) is 80.5 Å². The van der Waals surface area contributed by atoms with Gasteiger partial charge < -0.3 is 19.8 Å². The molecule has 0 saturated carbocycles. The summed E-state index contributed by atoms with van der Waals surface area (Å²) in [6.07, 6.45) is 1.52. The molecule has 3 heterocycles. The number of carbonyl (C=O) groups is 3. The molecule has 0 unspecified atom stereocenters. The molecule has 0 spiro atoms. The molecule has 0 amide bonds. The minimum atomic E-state index is -0.250. The van der Waals surface area contributed by atoms with Crippen molar-refractivity contribution in [2.75, 3.05) is 39.3 Å². The lowest BCUT2D eigenvalue weighted by molar-refractivity contribution is -0.123. The van der Waals surface area contributed by atoms with Crippen LogP contribution in [0.5, 0.6) is 0 Å². The van der Waals surface area contributed by atoms with Crippen molar-refractivity contribution in [1.29, 1.82) is 0 Å². The van der Waals surface area contributed by atoms with Crippen molar-refractivity contribution < 1.29 is 19.5 Å². The zero-order valence-corrected chi connectivity index (χ0v) is 10.9. The van der Waals surface area contributed by atoms with E-state index in [1.807, 2.05) is 14.7 Å². The summed E-state index contributed by atoms with van der Waals surface area (Å²) in [6.45, 7) is 5.16. The van der Waals surface area contributed by atoms with Crippen LogP contribution in [-0.2, 0) is 14.4 Å². The highest BCUT2D eigenvalue weighted by Crippen LogP contribution is 2.33. The van der Waals surface area contributed by atoms with Crippen molar-refractivity contribution >= 4 is 18.0 Å². The number of ketones is 2. The van der Waals surface area contributed by atoms with Crippen molar-refractivity contribution in [3.05, 3.63) is 23.2 Å². The average molecular weight is 277 g/mol. The van der Waals surface area contributed by atoms with Crippen LogP contribution in [0, 0.1) is 0 Å². The molecule has 0 bridgehead atoms. The summed E-state index contributed by atoms with van der Waals surface area (Å²) in [5.41, 5.74) is 1.89. The van der Waals surface area contributed by atoms with Gasteiger partial charge in [0.15, 0.2) is 0 Å². The monoisotopic (exact) mass is 277 g/mol. The molecule has 0 aromatic rings. The summed E-state index contributed by atoms with van der Waals surface area (Å²) >= 11 is 0.